The van der Waals surface area contributed by atoms with E-state index in [4.69, 9.17) is 21.3 Å². The van der Waals surface area contributed by atoms with Gasteiger partial charge in [-0.25, -0.2) is 9.97 Å². The number of carbonyl (C=O) groups excluding carboxylic acids is 1. The highest BCUT2D eigenvalue weighted by atomic mass is 35.5. The summed E-state index contributed by atoms with van der Waals surface area (Å²) < 4.78 is 5.37. The minimum atomic E-state index is 0.0686. The molecule has 0 atom stereocenters. The van der Waals surface area contributed by atoms with Gasteiger partial charge in [-0.2, -0.15) is 0 Å². The lowest BCUT2D eigenvalue weighted by Crippen LogP contribution is -2.42. The second kappa shape index (κ2) is 11.6. The number of halogens is 1. The SMILES string of the molecule is CCc1nc(N(CCC(=O)NCCN2CCOCC2)CC(C)C)c2ccc(Cl)cc2n1. The van der Waals surface area contributed by atoms with Crippen molar-refractivity contribution < 1.29 is 9.53 Å². The number of nitrogens with one attached hydrogen (secondary N) is 1. The number of anilines is 1. The van der Waals surface area contributed by atoms with Crippen LogP contribution in [0.3, 0.4) is 0 Å². The van der Waals surface area contributed by atoms with Crippen LogP contribution < -0.4 is 10.2 Å². The quantitative estimate of drug-likeness (QED) is 0.603. The summed E-state index contributed by atoms with van der Waals surface area (Å²) in [6.07, 6.45) is 1.17. The molecule has 1 aliphatic rings. The summed E-state index contributed by atoms with van der Waals surface area (Å²) in [5, 5.41) is 4.69. The smallest absolute Gasteiger partial charge is 0.221 e. The lowest BCUT2D eigenvalue weighted by Gasteiger charge is -2.28. The minimum absolute atomic E-state index is 0.0686. The molecule has 1 aromatic carbocycles. The van der Waals surface area contributed by atoms with Crippen molar-refractivity contribution >= 4 is 34.2 Å². The molecule has 2 heterocycles. The summed E-state index contributed by atoms with van der Waals surface area (Å²) in [5.74, 6) is 2.17. The van der Waals surface area contributed by atoms with E-state index in [2.05, 4.69) is 33.9 Å². The second-order valence-electron chi connectivity index (χ2n) is 8.37. The number of fused-ring (bicyclic) bond motifs is 1. The zero-order chi connectivity index (χ0) is 22.2. The molecule has 1 amide bonds. The van der Waals surface area contributed by atoms with Crippen LogP contribution in [-0.2, 0) is 16.0 Å². The molecule has 0 bridgehead atoms. The normalized spacial score (nSPS) is 14.9. The van der Waals surface area contributed by atoms with Crippen molar-refractivity contribution in [3.05, 3.63) is 29.0 Å². The van der Waals surface area contributed by atoms with Crippen LogP contribution in [0.2, 0.25) is 5.02 Å². The molecule has 170 valence electrons. The van der Waals surface area contributed by atoms with Crippen molar-refractivity contribution in [1.82, 2.24) is 20.2 Å². The van der Waals surface area contributed by atoms with Gasteiger partial charge in [0, 0.05) is 62.5 Å². The van der Waals surface area contributed by atoms with E-state index in [0.717, 1.165) is 68.4 Å². The van der Waals surface area contributed by atoms with Gasteiger partial charge in [-0.1, -0.05) is 32.4 Å². The number of aromatic nitrogens is 2. The Hall–Kier alpha value is -1.96. The van der Waals surface area contributed by atoms with Crippen molar-refractivity contribution in [2.45, 2.75) is 33.6 Å². The van der Waals surface area contributed by atoms with Gasteiger partial charge in [-0.05, 0) is 24.1 Å². The van der Waals surface area contributed by atoms with Crippen LogP contribution >= 0.6 is 11.6 Å². The van der Waals surface area contributed by atoms with Gasteiger partial charge in [0.1, 0.15) is 11.6 Å². The summed E-state index contributed by atoms with van der Waals surface area (Å²) >= 11 is 6.20. The predicted octanol–water partition coefficient (Wildman–Crippen LogP) is 3.15. The molecule has 1 aliphatic heterocycles. The fraction of sp³-hybridized carbons (Fsp3) is 0.609. The largest absolute Gasteiger partial charge is 0.379 e. The van der Waals surface area contributed by atoms with Gasteiger partial charge in [0.05, 0.1) is 18.7 Å². The Morgan fingerprint density at radius 2 is 2.06 bits per heavy atom. The van der Waals surface area contributed by atoms with Gasteiger partial charge >= 0.3 is 0 Å². The Balaban J connectivity index is 1.66. The Morgan fingerprint density at radius 1 is 1.29 bits per heavy atom. The van der Waals surface area contributed by atoms with Gasteiger partial charge in [-0.3, -0.25) is 9.69 Å². The standard InChI is InChI=1S/C23H34ClN5O2/c1-4-21-26-20-15-18(24)5-6-19(20)23(27-21)29(16-17(2)3)9-7-22(30)25-8-10-28-11-13-31-14-12-28/h5-6,15,17H,4,7-14,16H2,1-3H3,(H,25,30). The first-order valence-electron chi connectivity index (χ1n) is 11.2. The Bertz CT molecular complexity index is 870. The van der Waals surface area contributed by atoms with E-state index in [-0.39, 0.29) is 5.91 Å². The average Bonchev–Trinajstić information content (AvgIpc) is 2.76. The number of ether oxygens (including phenoxy) is 1. The molecule has 7 nitrogen and oxygen atoms in total. The summed E-state index contributed by atoms with van der Waals surface area (Å²) in [6, 6.07) is 5.73. The highest BCUT2D eigenvalue weighted by Gasteiger charge is 2.17. The maximum Gasteiger partial charge on any atom is 0.221 e. The van der Waals surface area contributed by atoms with E-state index in [1.54, 1.807) is 0 Å². The Morgan fingerprint density at radius 3 is 2.77 bits per heavy atom. The third kappa shape index (κ3) is 7.02. The van der Waals surface area contributed by atoms with Crippen LogP contribution in [0.15, 0.2) is 18.2 Å². The number of aryl methyl sites for hydroxylation is 1. The molecule has 0 unspecified atom stereocenters. The summed E-state index contributed by atoms with van der Waals surface area (Å²) in [6.45, 7) is 12.8. The van der Waals surface area contributed by atoms with E-state index in [9.17, 15) is 4.79 Å². The van der Waals surface area contributed by atoms with E-state index in [0.29, 0.717) is 30.5 Å². The Labute approximate surface area is 190 Å². The third-order valence-corrected chi connectivity index (χ3v) is 5.58. The average molecular weight is 448 g/mol. The molecule has 0 spiro atoms. The number of morpholine rings is 1. The maximum atomic E-state index is 12.5. The van der Waals surface area contributed by atoms with Crippen LogP contribution in [0.25, 0.3) is 10.9 Å². The van der Waals surface area contributed by atoms with Crippen molar-refractivity contribution in [1.29, 1.82) is 0 Å². The third-order valence-electron chi connectivity index (χ3n) is 5.35. The van der Waals surface area contributed by atoms with Crippen LogP contribution in [0.1, 0.15) is 33.0 Å². The molecular formula is C23H34ClN5O2. The molecule has 1 fully saturated rings. The topological polar surface area (TPSA) is 70.6 Å². The minimum Gasteiger partial charge on any atom is -0.379 e. The van der Waals surface area contributed by atoms with Crippen molar-refractivity contribution in [3.8, 4) is 0 Å². The van der Waals surface area contributed by atoms with Crippen LogP contribution in [-0.4, -0.2) is 73.3 Å². The van der Waals surface area contributed by atoms with Gasteiger partial charge in [0.2, 0.25) is 5.91 Å². The van der Waals surface area contributed by atoms with Crippen LogP contribution in [0, 0.1) is 5.92 Å². The molecule has 1 saturated heterocycles. The zero-order valence-electron chi connectivity index (χ0n) is 18.9. The monoisotopic (exact) mass is 447 g/mol. The molecule has 3 rings (SSSR count). The summed E-state index contributed by atoms with van der Waals surface area (Å²) in [4.78, 5) is 26.5. The number of hydrogen-bond acceptors (Lipinski definition) is 6. The molecular weight excluding hydrogens is 414 g/mol. The number of rotatable bonds is 10. The molecule has 8 heteroatoms. The van der Waals surface area contributed by atoms with Crippen molar-refractivity contribution in [2.24, 2.45) is 5.92 Å². The molecule has 0 saturated carbocycles. The van der Waals surface area contributed by atoms with E-state index in [1.165, 1.54) is 0 Å². The van der Waals surface area contributed by atoms with Crippen molar-refractivity contribution in [2.75, 3.05) is 57.4 Å². The number of benzene rings is 1. The molecule has 31 heavy (non-hydrogen) atoms. The van der Waals surface area contributed by atoms with Gasteiger partial charge in [0.15, 0.2) is 0 Å². The lowest BCUT2D eigenvalue weighted by atomic mass is 10.1. The lowest BCUT2D eigenvalue weighted by molar-refractivity contribution is -0.121. The number of carbonyl (C=O) groups is 1. The fourth-order valence-electron chi connectivity index (χ4n) is 3.76. The first-order valence-corrected chi connectivity index (χ1v) is 11.6. The van der Waals surface area contributed by atoms with E-state index < -0.39 is 0 Å². The van der Waals surface area contributed by atoms with Crippen LogP contribution in [0.5, 0.6) is 0 Å². The molecule has 0 aliphatic carbocycles. The summed E-state index contributed by atoms with van der Waals surface area (Å²) in [5.41, 5.74) is 0.845. The Kier molecular flexibility index (Phi) is 8.87. The van der Waals surface area contributed by atoms with Crippen molar-refractivity contribution in [3.63, 3.8) is 0 Å². The van der Waals surface area contributed by atoms with Gasteiger partial charge < -0.3 is 15.0 Å². The number of amides is 1. The molecule has 1 N–H and O–H groups in total. The second-order valence-corrected chi connectivity index (χ2v) is 8.81. The summed E-state index contributed by atoms with van der Waals surface area (Å²) in [7, 11) is 0. The first-order chi connectivity index (χ1) is 15.0. The zero-order valence-corrected chi connectivity index (χ0v) is 19.6. The first kappa shape index (κ1) is 23.7. The highest BCUT2D eigenvalue weighted by molar-refractivity contribution is 6.31. The van der Waals surface area contributed by atoms with E-state index >= 15 is 0 Å². The van der Waals surface area contributed by atoms with Crippen LogP contribution in [0.4, 0.5) is 5.82 Å². The highest BCUT2D eigenvalue weighted by Crippen LogP contribution is 2.27. The van der Waals surface area contributed by atoms with E-state index in [1.807, 2.05) is 25.1 Å². The number of hydrogen-bond donors (Lipinski definition) is 1. The van der Waals surface area contributed by atoms with Gasteiger partial charge in [-0.15, -0.1) is 0 Å². The molecule has 0 radical (unpaired) electrons. The molecule has 1 aromatic heterocycles. The molecule has 2 aromatic rings. The fourth-order valence-corrected chi connectivity index (χ4v) is 3.93. The van der Waals surface area contributed by atoms with Gasteiger partial charge in [0.25, 0.3) is 0 Å². The predicted molar refractivity (Wildman–Crippen MR) is 126 cm³/mol. The maximum absolute atomic E-state index is 12.5. The number of nitrogens with zero attached hydrogens (tertiary/aromatic N) is 4.